The molecule has 0 atom stereocenters. The first kappa shape index (κ1) is 13.8. The molecule has 1 aliphatic carbocycles. The van der Waals surface area contributed by atoms with E-state index in [-0.39, 0.29) is 24.1 Å². The molecule has 1 N–H and O–H groups in total. The summed E-state index contributed by atoms with van der Waals surface area (Å²) in [6.45, 7) is 1.82. The molecular formula is C14H21N3O2. The standard InChI is InChI=1S/C14H21N3O2/c1-11-8-14(19)17(10-15-11)9-13(18)16-12-6-4-2-3-5-7-12/h8,10,12H,2-7,9H2,1H3,(H,16,18). The highest BCUT2D eigenvalue weighted by Gasteiger charge is 2.15. The molecule has 0 aromatic carbocycles. The van der Waals surface area contributed by atoms with Crippen molar-refractivity contribution in [1.82, 2.24) is 14.9 Å². The quantitative estimate of drug-likeness (QED) is 0.838. The van der Waals surface area contributed by atoms with E-state index in [0.29, 0.717) is 5.69 Å². The van der Waals surface area contributed by atoms with Gasteiger partial charge in [0.05, 0.1) is 6.33 Å². The third-order valence-electron chi connectivity index (χ3n) is 3.55. The van der Waals surface area contributed by atoms with Crippen molar-refractivity contribution in [1.29, 1.82) is 0 Å². The Labute approximate surface area is 113 Å². The van der Waals surface area contributed by atoms with Gasteiger partial charge < -0.3 is 5.32 Å². The summed E-state index contributed by atoms with van der Waals surface area (Å²) in [4.78, 5) is 27.6. The van der Waals surface area contributed by atoms with Gasteiger partial charge in [-0.1, -0.05) is 25.7 Å². The van der Waals surface area contributed by atoms with E-state index in [0.717, 1.165) is 12.8 Å². The molecule has 104 valence electrons. The van der Waals surface area contributed by atoms with Gasteiger partial charge in [0.1, 0.15) is 6.54 Å². The van der Waals surface area contributed by atoms with Crippen LogP contribution in [0.25, 0.3) is 0 Å². The topological polar surface area (TPSA) is 64.0 Å². The summed E-state index contributed by atoms with van der Waals surface area (Å²) < 4.78 is 1.35. The lowest BCUT2D eigenvalue weighted by Gasteiger charge is -2.16. The number of rotatable bonds is 3. The van der Waals surface area contributed by atoms with E-state index in [9.17, 15) is 9.59 Å². The van der Waals surface area contributed by atoms with Crippen molar-refractivity contribution in [2.45, 2.75) is 58.0 Å². The Kier molecular flexibility index (Phi) is 4.71. The Hall–Kier alpha value is -1.65. The van der Waals surface area contributed by atoms with Crippen LogP contribution in [0.3, 0.4) is 0 Å². The number of aryl methyl sites for hydroxylation is 1. The Balaban J connectivity index is 1.91. The molecule has 0 spiro atoms. The van der Waals surface area contributed by atoms with Crippen LogP contribution in [0.15, 0.2) is 17.2 Å². The van der Waals surface area contributed by atoms with E-state index < -0.39 is 0 Å². The summed E-state index contributed by atoms with van der Waals surface area (Å²) in [7, 11) is 0. The van der Waals surface area contributed by atoms with Crippen LogP contribution in [0.1, 0.15) is 44.2 Å². The zero-order valence-corrected chi connectivity index (χ0v) is 11.4. The summed E-state index contributed by atoms with van der Waals surface area (Å²) in [5.41, 5.74) is 0.494. The zero-order chi connectivity index (χ0) is 13.7. The summed E-state index contributed by atoms with van der Waals surface area (Å²) in [5, 5.41) is 3.02. The molecule has 1 aliphatic rings. The summed E-state index contributed by atoms with van der Waals surface area (Å²) in [6, 6.07) is 1.71. The van der Waals surface area contributed by atoms with Crippen LogP contribution in [0.4, 0.5) is 0 Å². The van der Waals surface area contributed by atoms with Crippen LogP contribution in [0.2, 0.25) is 0 Å². The van der Waals surface area contributed by atoms with Crippen LogP contribution in [-0.4, -0.2) is 21.5 Å². The van der Waals surface area contributed by atoms with Gasteiger partial charge in [-0.25, -0.2) is 4.98 Å². The average Bonchev–Trinajstić information content (AvgIpc) is 2.61. The van der Waals surface area contributed by atoms with E-state index in [1.807, 2.05) is 0 Å². The van der Waals surface area contributed by atoms with Crippen molar-refractivity contribution in [2.75, 3.05) is 0 Å². The van der Waals surface area contributed by atoms with Crippen LogP contribution >= 0.6 is 0 Å². The Morgan fingerprint density at radius 3 is 2.68 bits per heavy atom. The average molecular weight is 263 g/mol. The van der Waals surface area contributed by atoms with Gasteiger partial charge in [-0.2, -0.15) is 0 Å². The molecule has 1 amide bonds. The molecule has 1 heterocycles. The molecule has 0 unspecified atom stereocenters. The molecule has 1 fully saturated rings. The van der Waals surface area contributed by atoms with Crippen molar-refractivity contribution >= 4 is 5.91 Å². The molecule has 5 heteroatoms. The first-order valence-corrected chi connectivity index (χ1v) is 6.97. The maximum absolute atomic E-state index is 11.9. The predicted molar refractivity (Wildman–Crippen MR) is 72.9 cm³/mol. The number of nitrogens with zero attached hydrogens (tertiary/aromatic N) is 2. The third-order valence-corrected chi connectivity index (χ3v) is 3.55. The van der Waals surface area contributed by atoms with Crippen molar-refractivity contribution in [2.24, 2.45) is 0 Å². The molecule has 1 aromatic rings. The van der Waals surface area contributed by atoms with Gasteiger partial charge in [0, 0.05) is 17.8 Å². The molecule has 0 bridgehead atoms. The molecule has 1 aromatic heterocycles. The summed E-state index contributed by atoms with van der Waals surface area (Å²) in [5.74, 6) is -0.0975. The lowest BCUT2D eigenvalue weighted by Crippen LogP contribution is -2.38. The Bertz CT molecular complexity index is 488. The van der Waals surface area contributed by atoms with Gasteiger partial charge in [-0.15, -0.1) is 0 Å². The molecule has 1 saturated carbocycles. The maximum Gasteiger partial charge on any atom is 0.253 e. The second-order valence-electron chi connectivity index (χ2n) is 5.25. The van der Waals surface area contributed by atoms with Crippen molar-refractivity contribution in [3.63, 3.8) is 0 Å². The number of hydrogen-bond acceptors (Lipinski definition) is 3. The predicted octanol–water partition coefficient (Wildman–Crippen LogP) is 1.39. The molecule has 19 heavy (non-hydrogen) atoms. The lowest BCUT2D eigenvalue weighted by atomic mass is 10.1. The largest absolute Gasteiger partial charge is 0.352 e. The third kappa shape index (κ3) is 4.19. The minimum Gasteiger partial charge on any atom is -0.352 e. The molecule has 5 nitrogen and oxygen atoms in total. The van der Waals surface area contributed by atoms with Crippen LogP contribution in [-0.2, 0) is 11.3 Å². The molecule has 0 saturated heterocycles. The van der Waals surface area contributed by atoms with Gasteiger partial charge in [0.15, 0.2) is 0 Å². The number of carbonyl (C=O) groups excluding carboxylic acids is 1. The first-order chi connectivity index (χ1) is 9.15. The smallest absolute Gasteiger partial charge is 0.253 e. The fraction of sp³-hybridized carbons (Fsp3) is 0.643. The number of carbonyl (C=O) groups is 1. The fourth-order valence-corrected chi connectivity index (χ4v) is 2.49. The molecule has 0 radical (unpaired) electrons. The highest BCUT2D eigenvalue weighted by atomic mass is 16.2. The van der Waals surface area contributed by atoms with Crippen LogP contribution in [0.5, 0.6) is 0 Å². The molecule has 0 aliphatic heterocycles. The van der Waals surface area contributed by atoms with Crippen LogP contribution in [0, 0.1) is 6.92 Å². The zero-order valence-electron chi connectivity index (χ0n) is 11.4. The number of aromatic nitrogens is 2. The minimum atomic E-state index is -0.177. The summed E-state index contributed by atoms with van der Waals surface area (Å²) >= 11 is 0. The minimum absolute atomic E-state index is 0.0581. The second-order valence-corrected chi connectivity index (χ2v) is 5.25. The summed E-state index contributed by atoms with van der Waals surface area (Å²) in [6.07, 6.45) is 8.40. The van der Waals surface area contributed by atoms with E-state index in [4.69, 9.17) is 0 Å². The number of hydrogen-bond donors (Lipinski definition) is 1. The first-order valence-electron chi connectivity index (χ1n) is 6.97. The van der Waals surface area contributed by atoms with Gasteiger partial charge >= 0.3 is 0 Å². The van der Waals surface area contributed by atoms with Gasteiger partial charge in [0.2, 0.25) is 5.91 Å². The van der Waals surface area contributed by atoms with Gasteiger partial charge in [0.25, 0.3) is 5.56 Å². The normalized spacial score (nSPS) is 16.9. The Morgan fingerprint density at radius 1 is 1.37 bits per heavy atom. The SMILES string of the molecule is Cc1cc(=O)n(CC(=O)NC2CCCCCC2)cn1. The van der Waals surface area contributed by atoms with Crippen molar-refractivity contribution in [3.8, 4) is 0 Å². The van der Waals surface area contributed by atoms with Crippen molar-refractivity contribution in [3.05, 3.63) is 28.4 Å². The van der Waals surface area contributed by atoms with Gasteiger partial charge in [-0.05, 0) is 19.8 Å². The van der Waals surface area contributed by atoms with E-state index >= 15 is 0 Å². The molecule has 2 rings (SSSR count). The van der Waals surface area contributed by atoms with Gasteiger partial charge in [-0.3, -0.25) is 14.2 Å². The lowest BCUT2D eigenvalue weighted by molar-refractivity contribution is -0.122. The monoisotopic (exact) mass is 263 g/mol. The highest BCUT2D eigenvalue weighted by molar-refractivity contribution is 5.76. The number of nitrogens with one attached hydrogen (secondary N) is 1. The second kappa shape index (κ2) is 6.50. The Morgan fingerprint density at radius 2 is 2.05 bits per heavy atom. The van der Waals surface area contributed by atoms with E-state index in [2.05, 4.69) is 10.3 Å². The maximum atomic E-state index is 11.9. The molecular weight excluding hydrogens is 242 g/mol. The van der Waals surface area contributed by atoms with Crippen LogP contribution < -0.4 is 10.9 Å². The fourth-order valence-electron chi connectivity index (χ4n) is 2.49. The van der Waals surface area contributed by atoms with E-state index in [1.54, 1.807) is 6.92 Å². The number of amides is 1. The highest BCUT2D eigenvalue weighted by Crippen LogP contribution is 2.17. The van der Waals surface area contributed by atoms with E-state index in [1.165, 1.54) is 42.6 Å². The van der Waals surface area contributed by atoms with Crippen molar-refractivity contribution < 1.29 is 4.79 Å².